The van der Waals surface area contributed by atoms with Crippen LogP contribution in [0.25, 0.3) is 0 Å². The van der Waals surface area contributed by atoms with Gasteiger partial charge in [0.2, 0.25) is 0 Å². The van der Waals surface area contributed by atoms with Crippen molar-refractivity contribution >= 4 is 11.9 Å². The van der Waals surface area contributed by atoms with Gasteiger partial charge in [-0.2, -0.15) is 13.2 Å². The SMILES string of the molecule is CNC1(c2cccc(C(F)(F)F)c2)CCCCC1.Cc1c(C(=O)O)cccc1C(=O)O. The normalized spacial score (nSPS) is 15.5. The molecule has 0 aliphatic heterocycles. The smallest absolute Gasteiger partial charge is 0.416 e. The van der Waals surface area contributed by atoms with Crippen molar-refractivity contribution in [3.8, 4) is 0 Å². The van der Waals surface area contributed by atoms with E-state index in [0.717, 1.165) is 37.3 Å². The van der Waals surface area contributed by atoms with Crippen LogP contribution < -0.4 is 5.32 Å². The minimum absolute atomic E-state index is 0.0277. The first kappa shape index (κ1) is 24.4. The van der Waals surface area contributed by atoms with Gasteiger partial charge in [-0.05, 0) is 62.2 Å². The minimum atomic E-state index is -4.26. The molecule has 0 aromatic heterocycles. The molecule has 168 valence electrons. The molecule has 0 saturated heterocycles. The van der Waals surface area contributed by atoms with Gasteiger partial charge in [0.05, 0.1) is 16.7 Å². The Kier molecular flexibility index (Phi) is 7.84. The number of hydrogen-bond donors (Lipinski definition) is 3. The molecule has 0 bridgehead atoms. The highest BCUT2D eigenvalue weighted by Crippen LogP contribution is 2.39. The second-order valence-electron chi connectivity index (χ2n) is 7.56. The molecule has 2 aromatic carbocycles. The van der Waals surface area contributed by atoms with Crippen molar-refractivity contribution < 1.29 is 33.0 Å². The summed E-state index contributed by atoms with van der Waals surface area (Å²) in [6.07, 6.45) is 0.853. The molecule has 0 amide bonds. The van der Waals surface area contributed by atoms with Gasteiger partial charge in [-0.3, -0.25) is 0 Å². The summed E-state index contributed by atoms with van der Waals surface area (Å²) in [5.41, 5.74) is 0.265. The zero-order valence-electron chi connectivity index (χ0n) is 17.4. The molecular weight excluding hydrogens is 411 g/mol. The molecule has 3 N–H and O–H groups in total. The quantitative estimate of drug-likeness (QED) is 0.590. The molecule has 1 saturated carbocycles. The van der Waals surface area contributed by atoms with Gasteiger partial charge >= 0.3 is 18.1 Å². The number of carbonyl (C=O) groups is 2. The summed E-state index contributed by atoms with van der Waals surface area (Å²) in [7, 11) is 1.84. The summed E-state index contributed by atoms with van der Waals surface area (Å²) >= 11 is 0. The van der Waals surface area contributed by atoms with E-state index in [4.69, 9.17) is 10.2 Å². The lowest BCUT2D eigenvalue weighted by molar-refractivity contribution is -0.137. The Morgan fingerprint density at radius 3 is 1.90 bits per heavy atom. The van der Waals surface area contributed by atoms with E-state index in [1.165, 1.54) is 43.7 Å². The maximum atomic E-state index is 12.7. The van der Waals surface area contributed by atoms with Crippen molar-refractivity contribution in [3.05, 3.63) is 70.3 Å². The van der Waals surface area contributed by atoms with E-state index in [9.17, 15) is 22.8 Å². The van der Waals surface area contributed by atoms with E-state index < -0.39 is 23.7 Å². The first-order valence-electron chi connectivity index (χ1n) is 9.94. The molecule has 1 fully saturated rings. The number of carboxylic acids is 2. The van der Waals surface area contributed by atoms with Gasteiger partial charge < -0.3 is 15.5 Å². The average Bonchev–Trinajstić information content (AvgIpc) is 2.74. The summed E-state index contributed by atoms with van der Waals surface area (Å²) in [4.78, 5) is 21.2. The monoisotopic (exact) mass is 437 g/mol. The van der Waals surface area contributed by atoms with Crippen LogP contribution in [0.15, 0.2) is 42.5 Å². The molecule has 5 nitrogen and oxygen atoms in total. The maximum absolute atomic E-state index is 12.7. The maximum Gasteiger partial charge on any atom is 0.416 e. The van der Waals surface area contributed by atoms with E-state index >= 15 is 0 Å². The Labute approximate surface area is 178 Å². The second kappa shape index (κ2) is 9.96. The summed E-state index contributed by atoms with van der Waals surface area (Å²) in [5, 5.41) is 20.6. The summed E-state index contributed by atoms with van der Waals surface area (Å²) in [5.74, 6) is -2.22. The zero-order valence-corrected chi connectivity index (χ0v) is 17.4. The fraction of sp³-hybridized carbons (Fsp3) is 0.391. The van der Waals surface area contributed by atoms with Gasteiger partial charge in [0.15, 0.2) is 0 Å². The van der Waals surface area contributed by atoms with Crippen molar-refractivity contribution in [2.45, 2.75) is 50.7 Å². The Morgan fingerprint density at radius 1 is 0.935 bits per heavy atom. The fourth-order valence-corrected chi connectivity index (χ4v) is 3.93. The van der Waals surface area contributed by atoms with Crippen LogP contribution >= 0.6 is 0 Å². The molecule has 0 atom stereocenters. The van der Waals surface area contributed by atoms with Gasteiger partial charge in [0.1, 0.15) is 0 Å². The van der Waals surface area contributed by atoms with E-state index in [2.05, 4.69) is 5.32 Å². The lowest BCUT2D eigenvalue weighted by Gasteiger charge is -2.38. The van der Waals surface area contributed by atoms with E-state index in [-0.39, 0.29) is 22.2 Å². The van der Waals surface area contributed by atoms with Crippen LogP contribution in [0.4, 0.5) is 13.2 Å². The lowest BCUT2D eigenvalue weighted by Crippen LogP contribution is -2.41. The minimum Gasteiger partial charge on any atom is -0.478 e. The number of benzene rings is 2. The van der Waals surface area contributed by atoms with E-state index in [1.54, 1.807) is 6.07 Å². The van der Waals surface area contributed by atoms with Crippen LogP contribution in [0.3, 0.4) is 0 Å². The number of halogens is 3. The van der Waals surface area contributed by atoms with Crippen molar-refractivity contribution in [2.75, 3.05) is 7.05 Å². The highest BCUT2D eigenvalue weighted by molar-refractivity contribution is 5.96. The molecule has 1 aliphatic carbocycles. The number of aromatic carboxylic acids is 2. The third-order valence-corrected chi connectivity index (χ3v) is 5.72. The Morgan fingerprint density at radius 2 is 1.45 bits per heavy atom. The highest BCUT2D eigenvalue weighted by Gasteiger charge is 2.35. The van der Waals surface area contributed by atoms with Crippen LogP contribution in [-0.2, 0) is 11.7 Å². The zero-order chi connectivity index (χ0) is 23.2. The number of nitrogens with one attached hydrogen (secondary N) is 1. The molecule has 8 heteroatoms. The van der Waals surface area contributed by atoms with Crippen molar-refractivity contribution in [1.82, 2.24) is 5.32 Å². The van der Waals surface area contributed by atoms with Crippen LogP contribution in [0.1, 0.15) is 69.5 Å². The van der Waals surface area contributed by atoms with Crippen LogP contribution in [0, 0.1) is 6.92 Å². The Bertz CT molecular complexity index is 902. The van der Waals surface area contributed by atoms with Crippen molar-refractivity contribution in [1.29, 1.82) is 0 Å². The molecule has 0 spiro atoms. The summed E-state index contributed by atoms with van der Waals surface area (Å²) in [6.45, 7) is 1.48. The largest absolute Gasteiger partial charge is 0.478 e. The molecule has 2 aromatic rings. The molecule has 0 heterocycles. The summed E-state index contributed by atoms with van der Waals surface area (Å²) in [6, 6.07) is 9.91. The first-order valence-corrected chi connectivity index (χ1v) is 9.94. The Balaban J connectivity index is 0.000000233. The second-order valence-corrected chi connectivity index (χ2v) is 7.56. The third-order valence-electron chi connectivity index (χ3n) is 5.72. The van der Waals surface area contributed by atoms with Gasteiger partial charge in [-0.25, -0.2) is 9.59 Å². The summed E-state index contributed by atoms with van der Waals surface area (Å²) < 4.78 is 38.2. The van der Waals surface area contributed by atoms with Gasteiger partial charge in [0, 0.05) is 5.54 Å². The van der Waals surface area contributed by atoms with Crippen LogP contribution in [-0.4, -0.2) is 29.2 Å². The fourth-order valence-electron chi connectivity index (χ4n) is 3.93. The molecular formula is C23H26F3NO4. The predicted molar refractivity (Wildman–Crippen MR) is 110 cm³/mol. The number of rotatable bonds is 4. The van der Waals surface area contributed by atoms with Crippen molar-refractivity contribution in [2.24, 2.45) is 0 Å². The molecule has 0 unspecified atom stereocenters. The lowest BCUT2D eigenvalue weighted by atomic mass is 9.76. The van der Waals surface area contributed by atoms with Gasteiger partial charge in [-0.1, -0.05) is 37.5 Å². The number of carboxylic acid groups (broad SMARTS) is 2. The average molecular weight is 437 g/mol. The highest BCUT2D eigenvalue weighted by atomic mass is 19.4. The molecule has 0 radical (unpaired) electrons. The van der Waals surface area contributed by atoms with Crippen LogP contribution in [0.2, 0.25) is 0 Å². The number of alkyl halides is 3. The Hall–Kier alpha value is -2.87. The van der Waals surface area contributed by atoms with E-state index in [1.807, 2.05) is 7.05 Å². The third kappa shape index (κ3) is 5.85. The van der Waals surface area contributed by atoms with E-state index in [0.29, 0.717) is 0 Å². The molecule has 3 rings (SSSR count). The van der Waals surface area contributed by atoms with Gasteiger partial charge in [0.25, 0.3) is 0 Å². The number of hydrogen-bond acceptors (Lipinski definition) is 3. The van der Waals surface area contributed by atoms with Crippen molar-refractivity contribution in [3.63, 3.8) is 0 Å². The standard InChI is InChI=1S/C14H18F3N.C9H8O4/c1-18-13(8-3-2-4-9-13)11-6-5-7-12(10-11)14(15,16)17;1-5-6(8(10)11)3-2-4-7(5)9(12)13/h5-7,10,18H,2-4,8-9H2,1H3;2-4H,1H3,(H,10,11)(H,12,13). The topological polar surface area (TPSA) is 86.6 Å². The molecule has 1 aliphatic rings. The van der Waals surface area contributed by atoms with Crippen LogP contribution in [0.5, 0.6) is 0 Å². The molecule has 31 heavy (non-hydrogen) atoms. The predicted octanol–water partition coefficient (Wildman–Crippen LogP) is 5.48. The first-order chi connectivity index (χ1) is 14.5. The van der Waals surface area contributed by atoms with Gasteiger partial charge in [-0.15, -0.1) is 0 Å².